The number of piperazine rings is 1. The molecule has 1 aliphatic rings. The Morgan fingerprint density at radius 3 is 2.44 bits per heavy atom. The molecular formula is C20H31BrN6O5. The molecule has 32 heavy (non-hydrogen) atoms. The zero-order chi connectivity index (χ0) is 23.6. The third-order valence-corrected chi connectivity index (χ3v) is 5.42. The summed E-state index contributed by atoms with van der Waals surface area (Å²) in [7, 11) is 0. The Kier molecular flexibility index (Phi) is 7.46. The van der Waals surface area contributed by atoms with E-state index in [4.69, 9.17) is 9.47 Å². The summed E-state index contributed by atoms with van der Waals surface area (Å²) in [5, 5.41) is 14.5. The van der Waals surface area contributed by atoms with Crippen molar-refractivity contribution in [3.63, 3.8) is 0 Å². The molecule has 1 amide bonds. The average Bonchev–Trinajstić information content (AvgIpc) is 3.11. The van der Waals surface area contributed by atoms with Crippen molar-refractivity contribution in [2.45, 2.75) is 59.5 Å². The van der Waals surface area contributed by atoms with Crippen molar-refractivity contribution in [1.29, 1.82) is 0 Å². The van der Waals surface area contributed by atoms with Crippen molar-refractivity contribution in [1.82, 2.24) is 24.1 Å². The fraction of sp³-hybridized carbons (Fsp3) is 0.700. The summed E-state index contributed by atoms with van der Waals surface area (Å²) in [6.45, 7) is 11.5. The largest absolute Gasteiger partial charge is 0.444 e. The maximum absolute atomic E-state index is 13.4. The van der Waals surface area contributed by atoms with Gasteiger partial charge in [-0.1, -0.05) is 6.92 Å². The van der Waals surface area contributed by atoms with Crippen LogP contribution < -0.4 is 10.5 Å². The number of rotatable bonds is 6. The van der Waals surface area contributed by atoms with Gasteiger partial charge in [-0.3, -0.25) is 4.79 Å². The molecule has 0 radical (unpaired) electrons. The first kappa shape index (κ1) is 24.5. The minimum Gasteiger partial charge on any atom is -0.444 e. The van der Waals surface area contributed by atoms with Crippen LogP contribution in [0.1, 0.15) is 40.3 Å². The number of ether oxygens (including phenoxy) is 2. The van der Waals surface area contributed by atoms with Gasteiger partial charge >= 0.3 is 6.09 Å². The lowest BCUT2D eigenvalue weighted by Crippen LogP contribution is -2.51. The van der Waals surface area contributed by atoms with Crippen LogP contribution in [0.15, 0.2) is 9.53 Å². The predicted molar refractivity (Wildman–Crippen MR) is 122 cm³/mol. The molecule has 2 aromatic rings. The van der Waals surface area contributed by atoms with Gasteiger partial charge in [0.05, 0.1) is 6.54 Å². The fourth-order valence-corrected chi connectivity index (χ4v) is 4.09. The molecule has 1 fully saturated rings. The van der Waals surface area contributed by atoms with E-state index in [0.29, 0.717) is 50.7 Å². The second-order valence-corrected chi connectivity index (χ2v) is 9.23. The zero-order valence-electron chi connectivity index (χ0n) is 19.2. The van der Waals surface area contributed by atoms with Crippen molar-refractivity contribution in [3.8, 4) is 0 Å². The molecule has 0 saturated carbocycles. The molecule has 1 unspecified atom stereocenters. The highest BCUT2D eigenvalue weighted by atomic mass is 79.9. The Labute approximate surface area is 195 Å². The molecular weight excluding hydrogens is 484 g/mol. The Morgan fingerprint density at radius 1 is 1.22 bits per heavy atom. The number of fused-ring (bicyclic) bond motifs is 1. The Balaban J connectivity index is 1.96. The first-order valence-electron chi connectivity index (χ1n) is 10.8. The second-order valence-electron chi connectivity index (χ2n) is 8.52. The summed E-state index contributed by atoms with van der Waals surface area (Å²) in [6, 6.07) is 0. The molecule has 0 spiro atoms. The summed E-state index contributed by atoms with van der Waals surface area (Å²) < 4.78 is 14.1. The van der Waals surface area contributed by atoms with E-state index in [2.05, 4.69) is 26.0 Å². The van der Waals surface area contributed by atoms with Gasteiger partial charge in [0.2, 0.25) is 10.5 Å². The maximum atomic E-state index is 13.4. The Hall–Kier alpha value is -2.18. The summed E-state index contributed by atoms with van der Waals surface area (Å²) in [5.74, 6) is 0.327. The number of anilines is 1. The van der Waals surface area contributed by atoms with Crippen LogP contribution >= 0.6 is 15.9 Å². The average molecular weight is 515 g/mol. The summed E-state index contributed by atoms with van der Waals surface area (Å²) in [4.78, 5) is 33.7. The van der Waals surface area contributed by atoms with E-state index >= 15 is 0 Å². The first-order chi connectivity index (χ1) is 15.1. The lowest BCUT2D eigenvalue weighted by atomic mass is 10.2. The van der Waals surface area contributed by atoms with E-state index < -0.39 is 11.9 Å². The number of aliphatic hydroxyl groups is 1. The molecule has 1 saturated heterocycles. The quantitative estimate of drug-likeness (QED) is 0.578. The predicted octanol–water partition coefficient (Wildman–Crippen LogP) is 1.63. The molecule has 12 heteroatoms. The highest BCUT2D eigenvalue weighted by molar-refractivity contribution is 9.10. The Morgan fingerprint density at radius 2 is 1.88 bits per heavy atom. The molecule has 3 heterocycles. The molecule has 11 nitrogen and oxygen atoms in total. The number of aromatic nitrogens is 4. The second kappa shape index (κ2) is 9.75. The van der Waals surface area contributed by atoms with Gasteiger partial charge < -0.3 is 28.9 Å². The van der Waals surface area contributed by atoms with Crippen LogP contribution in [-0.4, -0.2) is 79.9 Å². The lowest BCUT2D eigenvalue weighted by Gasteiger charge is -2.37. The molecule has 1 N–H and O–H groups in total. The highest BCUT2D eigenvalue weighted by Gasteiger charge is 2.30. The van der Waals surface area contributed by atoms with Crippen LogP contribution in [0, 0.1) is 0 Å². The van der Waals surface area contributed by atoms with Gasteiger partial charge in [-0.25, -0.2) is 4.79 Å². The van der Waals surface area contributed by atoms with Crippen LogP contribution in [0.2, 0.25) is 0 Å². The van der Waals surface area contributed by atoms with Gasteiger partial charge in [-0.2, -0.15) is 9.50 Å². The van der Waals surface area contributed by atoms with Crippen LogP contribution in [0.3, 0.4) is 0 Å². The SMILES string of the molecule is CCOC(O)Cn1c(CC)c(N2CCN(C(=O)OC(C)(C)C)CC2)c(=O)n2nc(Br)nc12. The molecule has 0 bridgehead atoms. The van der Waals surface area contributed by atoms with E-state index in [0.717, 1.165) is 5.69 Å². The zero-order valence-corrected chi connectivity index (χ0v) is 20.8. The number of carbonyl (C=O) groups excluding carboxylic acids is 1. The third kappa shape index (κ3) is 5.24. The van der Waals surface area contributed by atoms with Crippen LogP contribution in [0.4, 0.5) is 10.5 Å². The van der Waals surface area contributed by atoms with Crippen LogP contribution in [0.25, 0.3) is 5.78 Å². The van der Waals surface area contributed by atoms with Crippen molar-refractivity contribution in [2.75, 3.05) is 37.7 Å². The van der Waals surface area contributed by atoms with E-state index in [1.165, 1.54) is 4.52 Å². The summed E-state index contributed by atoms with van der Waals surface area (Å²) in [6.07, 6.45) is -0.874. The minimum absolute atomic E-state index is 0.108. The first-order valence-corrected chi connectivity index (χ1v) is 11.6. The van der Waals surface area contributed by atoms with E-state index in [9.17, 15) is 14.7 Å². The van der Waals surface area contributed by atoms with E-state index in [-0.39, 0.29) is 22.9 Å². The van der Waals surface area contributed by atoms with Gasteiger partial charge in [0, 0.05) is 38.5 Å². The molecule has 178 valence electrons. The maximum Gasteiger partial charge on any atom is 0.410 e. The number of hydrogen-bond donors (Lipinski definition) is 1. The van der Waals surface area contributed by atoms with Crippen LogP contribution in [0.5, 0.6) is 0 Å². The number of carbonyl (C=O) groups is 1. The number of amides is 1. The number of nitrogens with zero attached hydrogens (tertiary/aromatic N) is 6. The molecule has 1 atom stereocenters. The van der Waals surface area contributed by atoms with E-state index in [1.54, 1.807) is 16.4 Å². The van der Waals surface area contributed by atoms with E-state index in [1.807, 2.05) is 32.6 Å². The van der Waals surface area contributed by atoms with Crippen molar-refractivity contribution in [3.05, 3.63) is 20.8 Å². The monoisotopic (exact) mass is 514 g/mol. The van der Waals surface area contributed by atoms with Gasteiger partial charge in [0.15, 0.2) is 6.29 Å². The van der Waals surface area contributed by atoms with Crippen molar-refractivity contribution in [2.24, 2.45) is 0 Å². The van der Waals surface area contributed by atoms with Gasteiger partial charge in [-0.05, 0) is 50.0 Å². The minimum atomic E-state index is -1.05. The Bertz CT molecular complexity index is 1020. The molecule has 1 aliphatic heterocycles. The summed E-state index contributed by atoms with van der Waals surface area (Å²) >= 11 is 3.24. The van der Waals surface area contributed by atoms with Gasteiger partial charge in [0.25, 0.3) is 5.56 Å². The fourth-order valence-electron chi connectivity index (χ4n) is 3.77. The standard InChI is InChI=1S/C20H31BrN6O5/c1-6-13-15(24-8-10-25(11-9-24)19(30)32-20(3,4)5)16(29)27-18(22-17(21)23-27)26(13)12-14(28)31-7-2/h14,28H,6-12H2,1-5H3. The van der Waals surface area contributed by atoms with Crippen molar-refractivity contribution < 1.29 is 19.4 Å². The molecule has 0 aliphatic carbocycles. The smallest absolute Gasteiger partial charge is 0.410 e. The molecule has 2 aromatic heterocycles. The topological polar surface area (TPSA) is 114 Å². The third-order valence-electron chi connectivity index (χ3n) is 5.08. The molecule has 3 rings (SSSR count). The normalized spacial score (nSPS) is 16.0. The van der Waals surface area contributed by atoms with Gasteiger partial charge in [-0.15, -0.1) is 5.10 Å². The molecule has 0 aromatic carbocycles. The van der Waals surface area contributed by atoms with Crippen LogP contribution in [-0.2, 0) is 22.4 Å². The number of aliphatic hydroxyl groups excluding tert-OH is 1. The van der Waals surface area contributed by atoms with Crippen molar-refractivity contribution >= 4 is 33.5 Å². The highest BCUT2D eigenvalue weighted by Crippen LogP contribution is 2.23. The summed E-state index contributed by atoms with van der Waals surface area (Å²) in [5.41, 5.74) is 0.365. The number of hydrogen-bond acceptors (Lipinski definition) is 8. The number of halogens is 1. The van der Waals surface area contributed by atoms with Gasteiger partial charge in [0.1, 0.15) is 11.3 Å². The lowest BCUT2D eigenvalue weighted by molar-refractivity contribution is -0.103.